The molecule has 0 rings (SSSR count). The van der Waals surface area contributed by atoms with Gasteiger partial charge in [-0.15, -0.1) is 0 Å². The van der Waals surface area contributed by atoms with E-state index >= 15 is 0 Å². The Kier molecular flexibility index (Phi) is 12.8. The van der Waals surface area contributed by atoms with Crippen LogP contribution >= 0.6 is 0 Å². The second-order valence-corrected chi connectivity index (χ2v) is 1.16. The summed E-state index contributed by atoms with van der Waals surface area (Å²) in [5, 5.41) is 0. The van der Waals surface area contributed by atoms with Gasteiger partial charge in [-0.2, -0.15) is 4.21 Å². The van der Waals surface area contributed by atoms with Crippen LogP contribution in [0.1, 0.15) is 0 Å². The first-order valence-corrected chi connectivity index (χ1v) is 2.75. The minimum Gasteiger partial charge on any atom is -0.284 e. The van der Waals surface area contributed by atoms with Gasteiger partial charge in [-0.3, -0.25) is 9.11 Å². The minimum absolute atomic E-state index is 1.64. The van der Waals surface area contributed by atoms with Gasteiger partial charge in [0.15, 0.2) is 0 Å². The summed E-state index contributed by atoms with van der Waals surface area (Å²) in [5.74, 6) is 0. The highest BCUT2D eigenvalue weighted by Crippen LogP contribution is 1.52. The number of allylic oxidation sites excluding steroid dienone is 2. The zero-order valence-electron chi connectivity index (χ0n) is 4.28. The highest BCUT2D eigenvalue weighted by Gasteiger charge is 1.62. The molecule has 0 aromatic rings. The fourth-order valence-electron chi connectivity index (χ4n) is 0. The summed E-state index contributed by atoms with van der Waals surface area (Å²) in [7, 11) is 0. The summed E-state index contributed by atoms with van der Waals surface area (Å²) in [6.07, 6.45) is 3.28. The summed E-state index contributed by atoms with van der Waals surface area (Å²) in [4.78, 5) is 0. The molecule has 0 spiro atoms. The maximum Gasteiger partial charge on any atom is 0.299 e. The van der Waals surface area contributed by atoms with Gasteiger partial charge in [0.1, 0.15) is 0 Å². The first kappa shape index (κ1) is 10.5. The van der Waals surface area contributed by atoms with E-state index in [2.05, 4.69) is 13.2 Å². The smallest absolute Gasteiger partial charge is 0.284 e. The van der Waals surface area contributed by atoms with Crippen molar-refractivity contribution >= 4 is 11.4 Å². The molecular weight excluding hydrogens is 128 g/mol. The molecule has 0 fully saturated rings. The Morgan fingerprint density at radius 3 is 1.38 bits per heavy atom. The normalized spacial score (nSPS) is 6.88. The van der Waals surface area contributed by atoms with Crippen LogP contribution in [0, 0.1) is 0 Å². The largest absolute Gasteiger partial charge is 0.299 e. The summed E-state index contributed by atoms with van der Waals surface area (Å²) in [6.45, 7) is 6.72. The Labute approximate surface area is 50.8 Å². The van der Waals surface area contributed by atoms with Crippen molar-refractivity contribution in [3.05, 3.63) is 25.3 Å². The quantitative estimate of drug-likeness (QED) is 0.418. The van der Waals surface area contributed by atoms with Gasteiger partial charge >= 0.3 is 0 Å². The second kappa shape index (κ2) is 9.75. The lowest BCUT2D eigenvalue weighted by Crippen LogP contribution is -1.74. The van der Waals surface area contributed by atoms with E-state index in [-0.39, 0.29) is 0 Å². The molecule has 0 unspecified atom stereocenters. The first-order valence-electron chi connectivity index (χ1n) is 1.68. The maximum absolute atomic E-state index is 8.67. The van der Waals surface area contributed by atoms with Gasteiger partial charge < -0.3 is 0 Å². The molecule has 8 heavy (non-hydrogen) atoms. The summed E-state index contributed by atoms with van der Waals surface area (Å²) < 4.78 is 22.8. The molecule has 0 aliphatic rings. The molecule has 0 amide bonds. The van der Waals surface area contributed by atoms with Gasteiger partial charge in [-0.05, 0) is 0 Å². The number of rotatable bonds is 1. The van der Waals surface area contributed by atoms with Crippen LogP contribution in [0.3, 0.4) is 0 Å². The second-order valence-electron chi connectivity index (χ2n) is 0.702. The van der Waals surface area contributed by atoms with Gasteiger partial charge in [-0.25, -0.2) is 0 Å². The maximum atomic E-state index is 8.67. The van der Waals surface area contributed by atoms with Crippen LogP contribution in [-0.4, -0.2) is 13.3 Å². The van der Waals surface area contributed by atoms with Crippen molar-refractivity contribution in [2.75, 3.05) is 0 Å². The Morgan fingerprint density at radius 1 is 1.25 bits per heavy atom. The van der Waals surface area contributed by atoms with Gasteiger partial charge in [0, 0.05) is 0 Å². The highest BCUT2D eigenvalue weighted by molar-refractivity contribution is 7.73. The van der Waals surface area contributed by atoms with Crippen molar-refractivity contribution in [1.82, 2.24) is 0 Å². The van der Waals surface area contributed by atoms with E-state index in [4.69, 9.17) is 13.3 Å². The molecule has 0 heterocycles. The molecule has 2 N–H and O–H groups in total. The van der Waals surface area contributed by atoms with E-state index < -0.39 is 11.4 Å². The summed E-state index contributed by atoms with van der Waals surface area (Å²) in [5.41, 5.74) is 0. The molecule has 0 aliphatic carbocycles. The first-order chi connectivity index (χ1) is 3.65. The molecule has 4 heteroatoms. The third-order valence-electron chi connectivity index (χ3n) is 0.167. The molecule has 3 nitrogen and oxygen atoms in total. The third kappa shape index (κ3) is 380. The Balaban J connectivity index is 0. The third-order valence-corrected chi connectivity index (χ3v) is 0.167. The van der Waals surface area contributed by atoms with E-state index in [1.807, 2.05) is 0 Å². The van der Waals surface area contributed by atoms with E-state index in [9.17, 15) is 0 Å². The molecule has 0 bridgehead atoms. The van der Waals surface area contributed by atoms with Crippen molar-refractivity contribution in [3.63, 3.8) is 0 Å². The zero-order valence-corrected chi connectivity index (χ0v) is 5.10. The zero-order chi connectivity index (χ0) is 6.99. The molecule has 0 radical (unpaired) electrons. The van der Waals surface area contributed by atoms with Crippen molar-refractivity contribution in [2.24, 2.45) is 0 Å². The van der Waals surface area contributed by atoms with Crippen molar-refractivity contribution in [3.8, 4) is 0 Å². The standard InChI is InChI=1S/C4H6.H2O3S/c1-3-4-2;1-4(2)3/h3-4H,1-2H2;(H2,1,2,3). The van der Waals surface area contributed by atoms with E-state index in [1.54, 1.807) is 12.2 Å². The fraction of sp³-hybridized carbons (Fsp3) is 0. The van der Waals surface area contributed by atoms with Crippen LogP contribution in [-0.2, 0) is 11.4 Å². The summed E-state index contributed by atoms with van der Waals surface area (Å²) >= 11 is -2.61. The fourth-order valence-corrected chi connectivity index (χ4v) is 0. The van der Waals surface area contributed by atoms with Crippen molar-refractivity contribution in [2.45, 2.75) is 0 Å². The van der Waals surface area contributed by atoms with E-state index in [0.717, 1.165) is 0 Å². The molecule has 0 saturated carbocycles. The number of hydrogen-bond donors (Lipinski definition) is 2. The van der Waals surface area contributed by atoms with Gasteiger partial charge in [-0.1, -0.05) is 25.3 Å². The Bertz CT molecular complexity index is 79.3. The van der Waals surface area contributed by atoms with Crippen LogP contribution in [0.2, 0.25) is 0 Å². The highest BCUT2D eigenvalue weighted by atomic mass is 32.2. The van der Waals surface area contributed by atoms with Crippen molar-refractivity contribution < 1.29 is 13.3 Å². The number of hydrogen-bond acceptors (Lipinski definition) is 1. The van der Waals surface area contributed by atoms with Crippen LogP contribution in [0.5, 0.6) is 0 Å². The average Bonchev–Trinajstić information content (AvgIpc) is 1.65. The molecule has 48 valence electrons. The van der Waals surface area contributed by atoms with E-state index in [1.165, 1.54) is 0 Å². The molecule has 0 atom stereocenters. The lowest BCUT2D eigenvalue weighted by atomic mass is 10.6. The van der Waals surface area contributed by atoms with Crippen LogP contribution in [0.4, 0.5) is 0 Å². The molecule has 0 aliphatic heterocycles. The van der Waals surface area contributed by atoms with Crippen LogP contribution in [0.25, 0.3) is 0 Å². The molecule has 0 saturated heterocycles. The van der Waals surface area contributed by atoms with E-state index in [0.29, 0.717) is 0 Å². The van der Waals surface area contributed by atoms with Gasteiger partial charge in [0.05, 0.1) is 0 Å². The lowest BCUT2D eigenvalue weighted by Gasteiger charge is -1.59. The van der Waals surface area contributed by atoms with Crippen LogP contribution in [0.15, 0.2) is 25.3 Å². The average molecular weight is 136 g/mol. The lowest BCUT2D eigenvalue weighted by molar-refractivity contribution is 0.454. The topological polar surface area (TPSA) is 57.5 Å². The molecule has 0 aromatic carbocycles. The molecular formula is C4H8O3S. The monoisotopic (exact) mass is 136 g/mol. The molecule has 0 aromatic heterocycles. The SMILES string of the molecule is C=CC=C.O=S(O)O. The minimum atomic E-state index is -2.61. The Morgan fingerprint density at radius 2 is 1.38 bits per heavy atom. The van der Waals surface area contributed by atoms with Gasteiger partial charge in [0.25, 0.3) is 11.4 Å². The summed E-state index contributed by atoms with van der Waals surface area (Å²) in [6, 6.07) is 0. The predicted molar refractivity (Wildman–Crippen MR) is 33.8 cm³/mol. The van der Waals surface area contributed by atoms with Crippen LogP contribution < -0.4 is 0 Å². The predicted octanol–water partition coefficient (Wildman–Crippen LogP) is 1.04. The Hall–Kier alpha value is -0.450. The van der Waals surface area contributed by atoms with Gasteiger partial charge in [0.2, 0.25) is 0 Å². The van der Waals surface area contributed by atoms with Crippen molar-refractivity contribution in [1.29, 1.82) is 0 Å².